The summed E-state index contributed by atoms with van der Waals surface area (Å²) in [6, 6.07) is 4.63. The van der Waals surface area contributed by atoms with E-state index in [1.54, 1.807) is 0 Å². The Morgan fingerprint density at radius 2 is 2.33 bits per heavy atom. The van der Waals surface area contributed by atoms with Gasteiger partial charge in [-0.15, -0.1) is 11.6 Å². The molecule has 1 N–H and O–H groups in total. The van der Waals surface area contributed by atoms with Gasteiger partial charge in [0.05, 0.1) is 12.7 Å². The van der Waals surface area contributed by atoms with Gasteiger partial charge in [0.25, 0.3) is 0 Å². The summed E-state index contributed by atoms with van der Waals surface area (Å²) in [5.74, 6) is -0.948. The molecule has 0 fully saturated rings. The van der Waals surface area contributed by atoms with Gasteiger partial charge in [-0.05, 0) is 11.6 Å². The molecule has 4 nitrogen and oxygen atoms in total. The second-order valence-corrected chi connectivity index (χ2v) is 3.00. The minimum Gasteiger partial charge on any atom is -0.507 e. The van der Waals surface area contributed by atoms with Crippen molar-refractivity contribution >= 4 is 17.6 Å². The maximum atomic E-state index is 11.3. The molecule has 78 valence electrons. The number of carbonyl (C=O) groups excluding carboxylic acids is 1. The third kappa shape index (κ3) is 2.03. The molecule has 0 atom stereocenters. The molecule has 1 rings (SSSR count). The van der Waals surface area contributed by atoms with Crippen LogP contribution in [0.4, 0.5) is 0 Å². The first-order chi connectivity index (χ1) is 7.15. The Morgan fingerprint density at radius 3 is 2.80 bits per heavy atom. The van der Waals surface area contributed by atoms with E-state index in [2.05, 4.69) is 4.74 Å². The van der Waals surface area contributed by atoms with Crippen LogP contribution >= 0.6 is 11.6 Å². The zero-order valence-electron chi connectivity index (χ0n) is 7.95. The van der Waals surface area contributed by atoms with E-state index in [1.807, 2.05) is 6.07 Å². The fourth-order valence-electron chi connectivity index (χ4n) is 1.18. The Labute approximate surface area is 91.7 Å². The van der Waals surface area contributed by atoms with Crippen molar-refractivity contribution in [3.63, 3.8) is 0 Å². The lowest BCUT2D eigenvalue weighted by molar-refractivity contribution is 0.0597. The molecule has 0 aliphatic rings. The number of phenolic OH excluding ortho intramolecular Hbond substituents is 1. The number of nitriles is 1. The molecule has 0 amide bonds. The van der Waals surface area contributed by atoms with Crippen molar-refractivity contribution in [2.45, 2.75) is 5.88 Å². The van der Waals surface area contributed by atoms with Crippen molar-refractivity contribution in [1.29, 1.82) is 5.26 Å². The summed E-state index contributed by atoms with van der Waals surface area (Å²) < 4.78 is 4.47. The Balaban J connectivity index is 3.47. The summed E-state index contributed by atoms with van der Waals surface area (Å²) in [4.78, 5) is 11.3. The van der Waals surface area contributed by atoms with Crippen molar-refractivity contribution < 1.29 is 14.6 Å². The molecule has 15 heavy (non-hydrogen) atoms. The number of nitrogens with zero attached hydrogens (tertiary/aromatic N) is 1. The van der Waals surface area contributed by atoms with E-state index in [0.717, 1.165) is 0 Å². The van der Waals surface area contributed by atoms with Gasteiger partial charge in [-0.25, -0.2) is 4.79 Å². The summed E-state index contributed by atoms with van der Waals surface area (Å²) in [5.41, 5.74) is 0.396. The second-order valence-electron chi connectivity index (χ2n) is 2.73. The van der Waals surface area contributed by atoms with Crippen LogP contribution in [0.5, 0.6) is 5.75 Å². The maximum absolute atomic E-state index is 11.3. The molecule has 0 saturated heterocycles. The van der Waals surface area contributed by atoms with Crippen LogP contribution in [0.2, 0.25) is 0 Å². The number of alkyl halides is 1. The number of benzene rings is 1. The number of hydrogen-bond acceptors (Lipinski definition) is 4. The van der Waals surface area contributed by atoms with Gasteiger partial charge >= 0.3 is 5.97 Å². The van der Waals surface area contributed by atoms with Crippen molar-refractivity contribution in [1.82, 2.24) is 0 Å². The summed E-state index contributed by atoms with van der Waals surface area (Å²) >= 11 is 5.60. The van der Waals surface area contributed by atoms with Gasteiger partial charge < -0.3 is 9.84 Å². The highest BCUT2D eigenvalue weighted by Crippen LogP contribution is 2.25. The number of methoxy groups -OCH3 is 1. The van der Waals surface area contributed by atoms with Crippen LogP contribution in [-0.2, 0) is 10.6 Å². The summed E-state index contributed by atoms with van der Waals surface area (Å²) in [5, 5.41) is 18.3. The van der Waals surface area contributed by atoms with Gasteiger partial charge in [-0.2, -0.15) is 5.26 Å². The Bertz CT molecular complexity index is 437. The molecule has 0 unspecified atom stereocenters. The van der Waals surface area contributed by atoms with Crippen LogP contribution in [0.1, 0.15) is 21.5 Å². The molecule has 0 aliphatic heterocycles. The first-order valence-corrected chi connectivity index (χ1v) is 4.58. The number of ether oxygens (including phenoxy) is 1. The van der Waals surface area contributed by atoms with Crippen LogP contribution in [0, 0.1) is 11.3 Å². The van der Waals surface area contributed by atoms with Crippen LogP contribution < -0.4 is 0 Å². The molecule has 0 spiro atoms. The quantitative estimate of drug-likeness (QED) is 0.615. The minimum atomic E-state index is -0.754. The minimum absolute atomic E-state index is 0.0526. The monoisotopic (exact) mass is 225 g/mol. The van der Waals surface area contributed by atoms with Gasteiger partial charge in [0.2, 0.25) is 0 Å². The highest BCUT2D eigenvalue weighted by Gasteiger charge is 2.19. The summed E-state index contributed by atoms with van der Waals surface area (Å²) in [7, 11) is 1.18. The molecule has 0 aromatic heterocycles. The molecule has 5 heteroatoms. The van der Waals surface area contributed by atoms with E-state index in [4.69, 9.17) is 16.9 Å². The molecule has 1 aromatic carbocycles. The van der Waals surface area contributed by atoms with E-state index in [0.29, 0.717) is 5.56 Å². The lowest BCUT2D eigenvalue weighted by atomic mass is 10.0. The third-order valence-corrected chi connectivity index (χ3v) is 2.20. The van der Waals surface area contributed by atoms with Gasteiger partial charge in [-0.3, -0.25) is 0 Å². The SMILES string of the molecule is COC(=O)c1c(O)ccc(CCl)c1C#N. The lowest BCUT2D eigenvalue weighted by Gasteiger charge is -2.07. The van der Waals surface area contributed by atoms with E-state index in [9.17, 15) is 9.90 Å². The van der Waals surface area contributed by atoms with Crippen LogP contribution in [0.15, 0.2) is 12.1 Å². The fourth-order valence-corrected chi connectivity index (χ4v) is 1.41. The summed E-state index contributed by atoms with van der Waals surface area (Å²) in [6.07, 6.45) is 0. The Kier molecular flexibility index (Phi) is 3.53. The van der Waals surface area contributed by atoms with Crippen molar-refractivity contribution in [2.75, 3.05) is 7.11 Å². The van der Waals surface area contributed by atoms with E-state index in [-0.39, 0.29) is 22.8 Å². The largest absolute Gasteiger partial charge is 0.507 e. The van der Waals surface area contributed by atoms with E-state index in [1.165, 1.54) is 19.2 Å². The smallest absolute Gasteiger partial charge is 0.343 e. The van der Waals surface area contributed by atoms with Gasteiger partial charge in [0, 0.05) is 5.88 Å². The van der Waals surface area contributed by atoms with Gasteiger partial charge in [0.1, 0.15) is 17.4 Å². The number of carbonyl (C=O) groups is 1. The number of esters is 1. The van der Waals surface area contributed by atoms with Crippen LogP contribution in [0.3, 0.4) is 0 Å². The molecular weight excluding hydrogens is 218 g/mol. The van der Waals surface area contributed by atoms with Crippen molar-refractivity contribution in [3.05, 3.63) is 28.8 Å². The standard InChI is InChI=1S/C10H8ClNO3/c1-15-10(14)9-7(5-12)6(4-11)2-3-8(9)13/h2-3,13H,4H2,1H3. The Hall–Kier alpha value is -1.73. The number of rotatable bonds is 2. The fraction of sp³-hybridized carbons (Fsp3) is 0.200. The number of halogens is 1. The number of aromatic hydroxyl groups is 1. The van der Waals surface area contributed by atoms with Crippen LogP contribution in [0.25, 0.3) is 0 Å². The average molecular weight is 226 g/mol. The average Bonchev–Trinajstić information content (AvgIpc) is 2.27. The first kappa shape index (κ1) is 11.3. The molecular formula is C10H8ClNO3. The van der Waals surface area contributed by atoms with Crippen molar-refractivity contribution in [2.24, 2.45) is 0 Å². The first-order valence-electron chi connectivity index (χ1n) is 4.05. The van der Waals surface area contributed by atoms with E-state index < -0.39 is 5.97 Å². The molecule has 0 bridgehead atoms. The molecule has 0 heterocycles. The van der Waals surface area contributed by atoms with Gasteiger partial charge in [0.15, 0.2) is 0 Å². The summed E-state index contributed by atoms with van der Waals surface area (Å²) in [6.45, 7) is 0. The normalized spacial score (nSPS) is 9.40. The Morgan fingerprint density at radius 1 is 1.67 bits per heavy atom. The maximum Gasteiger partial charge on any atom is 0.343 e. The topological polar surface area (TPSA) is 70.3 Å². The van der Waals surface area contributed by atoms with Crippen LogP contribution in [-0.4, -0.2) is 18.2 Å². The zero-order valence-corrected chi connectivity index (χ0v) is 8.71. The zero-order chi connectivity index (χ0) is 11.4. The molecule has 1 aromatic rings. The predicted molar refractivity (Wildman–Crippen MR) is 53.7 cm³/mol. The third-order valence-electron chi connectivity index (χ3n) is 1.91. The lowest BCUT2D eigenvalue weighted by Crippen LogP contribution is -2.06. The number of hydrogen-bond donors (Lipinski definition) is 1. The molecule has 0 radical (unpaired) electrons. The predicted octanol–water partition coefficient (Wildman–Crippen LogP) is 1.79. The highest BCUT2D eigenvalue weighted by molar-refractivity contribution is 6.17. The number of phenols is 1. The van der Waals surface area contributed by atoms with Crippen molar-refractivity contribution in [3.8, 4) is 11.8 Å². The molecule has 0 aliphatic carbocycles. The van der Waals surface area contributed by atoms with Gasteiger partial charge in [-0.1, -0.05) is 6.07 Å². The highest BCUT2D eigenvalue weighted by atomic mass is 35.5. The molecule has 0 saturated carbocycles. The van der Waals surface area contributed by atoms with E-state index >= 15 is 0 Å². The second kappa shape index (κ2) is 4.67.